The number of benzene rings is 1. The number of halogens is 1. The van der Waals surface area contributed by atoms with E-state index in [-0.39, 0.29) is 11.6 Å². The smallest absolute Gasteiger partial charge is 0.162 e. The van der Waals surface area contributed by atoms with Gasteiger partial charge in [0.2, 0.25) is 0 Å². The fourth-order valence-electron chi connectivity index (χ4n) is 2.64. The first-order chi connectivity index (χ1) is 8.24. The maximum atomic E-state index is 13.2. The van der Waals surface area contributed by atoms with Gasteiger partial charge in [-0.2, -0.15) is 0 Å². The lowest BCUT2D eigenvalue weighted by molar-refractivity contribution is -0.115. The van der Waals surface area contributed by atoms with Crippen molar-refractivity contribution in [1.29, 1.82) is 0 Å². The fraction of sp³-hybridized carbons (Fsp3) is 0.267. The molecule has 1 nitrogen and oxygen atoms in total. The summed E-state index contributed by atoms with van der Waals surface area (Å²) in [5.41, 5.74) is 4.26. The zero-order chi connectivity index (χ0) is 11.8. The molecule has 1 aromatic carbocycles. The van der Waals surface area contributed by atoms with Crippen molar-refractivity contribution in [3.63, 3.8) is 0 Å². The molecule has 0 fully saturated rings. The van der Waals surface area contributed by atoms with E-state index in [1.54, 1.807) is 6.07 Å². The van der Waals surface area contributed by atoms with Gasteiger partial charge in [0.1, 0.15) is 5.82 Å². The SMILES string of the molecule is O=C1CC=CC2=C1CCc1cc(F)ccc1C2. The van der Waals surface area contributed by atoms with Crippen LogP contribution in [0.25, 0.3) is 0 Å². The molecule has 0 saturated carbocycles. The molecule has 0 N–H and O–H groups in total. The zero-order valence-corrected chi connectivity index (χ0v) is 9.50. The minimum Gasteiger partial charge on any atom is -0.294 e. The van der Waals surface area contributed by atoms with E-state index in [1.807, 2.05) is 12.1 Å². The molecule has 17 heavy (non-hydrogen) atoms. The topological polar surface area (TPSA) is 17.1 Å². The lowest BCUT2D eigenvalue weighted by Gasteiger charge is -2.11. The normalized spacial score (nSPS) is 18.8. The van der Waals surface area contributed by atoms with Crippen LogP contribution >= 0.6 is 0 Å². The number of allylic oxidation sites excluding steroid dienone is 4. The van der Waals surface area contributed by atoms with Crippen molar-refractivity contribution >= 4 is 5.78 Å². The van der Waals surface area contributed by atoms with Gasteiger partial charge in [-0.05, 0) is 53.7 Å². The Bertz CT molecular complexity index is 552. The van der Waals surface area contributed by atoms with Crippen molar-refractivity contribution in [2.75, 3.05) is 0 Å². The van der Waals surface area contributed by atoms with Crippen molar-refractivity contribution in [2.24, 2.45) is 0 Å². The summed E-state index contributed by atoms with van der Waals surface area (Å²) >= 11 is 0. The van der Waals surface area contributed by atoms with Gasteiger partial charge in [-0.25, -0.2) is 4.39 Å². The Morgan fingerprint density at radius 1 is 1.12 bits per heavy atom. The Morgan fingerprint density at radius 3 is 2.88 bits per heavy atom. The minimum atomic E-state index is -0.189. The molecule has 0 saturated heterocycles. The molecule has 0 bridgehead atoms. The molecule has 1 aromatic rings. The lowest BCUT2D eigenvalue weighted by atomic mass is 9.92. The van der Waals surface area contributed by atoms with Gasteiger partial charge < -0.3 is 0 Å². The van der Waals surface area contributed by atoms with Crippen LogP contribution in [0.5, 0.6) is 0 Å². The monoisotopic (exact) mass is 228 g/mol. The van der Waals surface area contributed by atoms with Crippen LogP contribution in [0.4, 0.5) is 4.39 Å². The fourth-order valence-corrected chi connectivity index (χ4v) is 2.64. The maximum Gasteiger partial charge on any atom is 0.162 e. The van der Waals surface area contributed by atoms with Crippen LogP contribution in [-0.2, 0) is 17.6 Å². The van der Waals surface area contributed by atoms with Gasteiger partial charge in [0.25, 0.3) is 0 Å². The summed E-state index contributed by atoms with van der Waals surface area (Å²) in [6.07, 6.45) is 6.77. The number of ketones is 1. The summed E-state index contributed by atoms with van der Waals surface area (Å²) in [7, 11) is 0. The molecule has 2 aliphatic rings. The van der Waals surface area contributed by atoms with E-state index < -0.39 is 0 Å². The summed E-state index contributed by atoms with van der Waals surface area (Å²) in [5, 5.41) is 0. The minimum absolute atomic E-state index is 0.189. The van der Waals surface area contributed by atoms with Crippen LogP contribution < -0.4 is 0 Å². The van der Waals surface area contributed by atoms with E-state index in [0.29, 0.717) is 6.42 Å². The number of fused-ring (bicyclic) bond motifs is 1. The predicted octanol–water partition coefficient (Wildman–Crippen LogP) is 3.14. The second-order valence-corrected chi connectivity index (χ2v) is 4.62. The predicted molar refractivity (Wildman–Crippen MR) is 64.2 cm³/mol. The van der Waals surface area contributed by atoms with Crippen LogP contribution in [0.2, 0.25) is 0 Å². The Labute approximate surface area is 99.7 Å². The van der Waals surface area contributed by atoms with E-state index in [9.17, 15) is 9.18 Å². The highest BCUT2D eigenvalue weighted by Crippen LogP contribution is 2.29. The molecule has 0 atom stereocenters. The molecule has 86 valence electrons. The van der Waals surface area contributed by atoms with E-state index in [1.165, 1.54) is 6.07 Å². The largest absolute Gasteiger partial charge is 0.294 e. The molecule has 3 rings (SSSR count). The van der Waals surface area contributed by atoms with Gasteiger partial charge in [-0.1, -0.05) is 18.2 Å². The van der Waals surface area contributed by atoms with E-state index in [0.717, 1.165) is 41.5 Å². The average Bonchev–Trinajstić information content (AvgIpc) is 2.49. The molecule has 2 aliphatic carbocycles. The second-order valence-electron chi connectivity index (χ2n) is 4.62. The van der Waals surface area contributed by atoms with Crippen molar-refractivity contribution in [1.82, 2.24) is 0 Å². The average molecular weight is 228 g/mol. The van der Waals surface area contributed by atoms with Gasteiger partial charge in [-0.15, -0.1) is 0 Å². The van der Waals surface area contributed by atoms with Gasteiger partial charge in [0, 0.05) is 6.42 Å². The summed E-state index contributed by atoms with van der Waals surface area (Å²) in [4.78, 5) is 11.8. The third-order valence-electron chi connectivity index (χ3n) is 3.54. The van der Waals surface area contributed by atoms with Crippen LogP contribution in [0.3, 0.4) is 0 Å². The van der Waals surface area contributed by atoms with Crippen LogP contribution in [-0.4, -0.2) is 5.78 Å². The molecule has 0 aliphatic heterocycles. The molecular formula is C15H13FO. The number of Topliss-reactive ketones (excluding diaryl/α,β-unsaturated/α-hetero) is 1. The van der Waals surface area contributed by atoms with Crippen LogP contribution in [0, 0.1) is 5.82 Å². The standard InChI is InChI=1S/C15H13FO/c16-13-6-4-10-8-12-2-1-3-15(17)14(12)7-5-11(10)9-13/h1-2,4,6,9H,3,5,7-8H2. The summed E-state index contributed by atoms with van der Waals surface area (Å²) in [5.74, 6) is 0.0428. The van der Waals surface area contributed by atoms with Gasteiger partial charge >= 0.3 is 0 Å². The first-order valence-corrected chi connectivity index (χ1v) is 5.93. The number of rotatable bonds is 0. The summed E-state index contributed by atoms with van der Waals surface area (Å²) in [6.45, 7) is 0. The molecule has 0 amide bonds. The Kier molecular flexibility index (Phi) is 2.43. The highest BCUT2D eigenvalue weighted by molar-refractivity contribution is 5.99. The van der Waals surface area contributed by atoms with E-state index in [2.05, 4.69) is 6.08 Å². The van der Waals surface area contributed by atoms with Gasteiger partial charge in [0.05, 0.1) is 0 Å². The Hall–Kier alpha value is -1.70. The highest BCUT2D eigenvalue weighted by Gasteiger charge is 2.21. The van der Waals surface area contributed by atoms with Crippen LogP contribution in [0.1, 0.15) is 24.0 Å². The molecule has 2 heteroatoms. The van der Waals surface area contributed by atoms with Crippen molar-refractivity contribution < 1.29 is 9.18 Å². The molecule has 0 radical (unpaired) electrons. The van der Waals surface area contributed by atoms with Crippen LogP contribution in [0.15, 0.2) is 41.5 Å². The summed E-state index contributed by atoms with van der Waals surface area (Å²) < 4.78 is 13.2. The number of carbonyl (C=O) groups excluding carboxylic acids is 1. The number of hydrogen-bond donors (Lipinski definition) is 0. The van der Waals surface area contributed by atoms with Gasteiger partial charge in [-0.3, -0.25) is 4.79 Å². The van der Waals surface area contributed by atoms with Gasteiger partial charge in [0.15, 0.2) is 5.78 Å². The van der Waals surface area contributed by atoms with Crippen molar-refractivity contribution in [3.05, 3.63) is 58.4 Å². The maximum absolute atomic E-state index is 13.2. The zero-order valence-electron chi connectivity index (χ0n) is 9.50. The summed E-state index contributed by atoms with van der Waals surface area (Å²) in [6, 6.07) is 4.94. The third-order valence-corrected chi connectivity index (χ3v) is 3.54. The van der Waals surface area contributed by atoms with Crippen molar-refractivity contribution in [3.8, 4) is 0 Å². The second kappa shape index (κ2) is 3.95. The quantitative estimate of drug-likeness (QED) is 0.666. The van der Waals surface area contributed by atoms with E-state index in [4.69, 9.17) is 0 Å². The highest BCUT2D eigenvalue weighted by atomic mass is 19.1. The number of carbonyl (C=O) groups is 1. The molecular weight excluding hydrogens is 215 g/mol. The molecule has 0 spiro atoms. The Balaban J connectivity index is 2.04. The number of hydrogen-bond acceptors (Lipinski definition) is 1. The van der Waals surface area contributed by atoms with E-state index >= 15 is 0 Å². The molecule has 0 aromatic heterocycles. The first kappa shape index (κ1) is 10.5. The Morgan fingerprint density at radius 2 is 2.00 bits per heavy atom. The third kappa shape index (κ3) is 1.84. The molecule has 0 unspecified atom stereocenters. The van der Waals surface area contributed by atoms with Crippen molar-refractivity contribution in [2.45, 2.75) is 25.7 Å². The first-order valence-electron chi connectivity index (χ1n) is 5.93. The number of aryl methyl sites for hydroxylation is 1. The molecule has 0 heterocycles. The lowest BCUT2D eigenvalue weighted by Crippen LogP contribution is -2.08.